The molecule has 3 N–H and O–H groups in total. The lowest BCUT2D eigenvalue weighted by Gasteiger charge is -2.19. The van der Waals surface area contributed by atoms with Gasteiger partial charge in [-0.25, -0.2) is 0 Å². The number of rotatable bonds is 3. The normalized spacial score (nSPS) is 13.0. The maximum absolute atomic E-state index is 11.5. The SMILES string of the molecule is N#CCNC(=O)CN1CCc2cccc(N)c21. The van der Waals surface area contributed by atoms with Crippen LogP contribution in [0.15, 0.2) is 18.2 Å². The van der Waals surface area contributed by atoms with Gasteiger partial charge in [0.2, 0.25) is 5.91 Å². The molecule has 0 radical (unpaired) electrons. The van der Waals surface area contributed by atoms with Crippen LogP contribution in [0.4, 0.5) is 11.4 Å². The average molecular weight is 230 g/mol. The van der Waals surface area contributed by atoms with E-state index in [1.54, 1.807) is 0 Å². The van der Waals surface area contributed by atoms with E-state index in [1.165, 1.54) is 5.56 Å². The molecule has 0 fully saturated rings. The molecule has 1 aliphatic rings. The van der Waals surface area contributed by atoms with Gasteiger partial charge in [0.15, 0.2) is 0 Å². The molecule has 88 valence electrons. The van der Waals surface area contributed by atoms with Crippen molar-refractivity contribution in [3.8, 4) is 6.07 Å². The second-order valence-electron chi connectivity index (χ2n) is 3.96. The van der Waals surface area contributed by atoms with Gasteiger partial charge in [0, 0.05) is 6.54 Å². The Kier molecular flexibility index (Phi) is 3.15. The molecule has 0 aromatic heterocycles. The fraction of sp³-hybridized carbons (Fsp3) is 0.333. The summed E-state index contributed by atoms with van der Waals surface area (Å²) in [6, 6.07) is 7.67. The molecule has 0 atom stereocenters. The Labute approximate surface area is 99.8 Å². The molecule has 5 heteroatoms. The number of amides is 1. The summed E-state index contributed by atoms with van der Waals surface area (Å²) in [4.78, 5) is 13.5. The summed E-state index contributed by atoms with van der Waals surface area (Å²) < 4.78 is 0. The van der Waals surface area contributed by atoms with E-state index in [9.17, 15) is 4.79 Å². The highest BCUT2D eigenvalue weighted by Crippen LogP contribution is 2.33. The molecule has 5 nitrogen and oxygen atoms in total. The molecular weight excluding hydrogens is 216 g/mol. The first-order valence-electron chi connectivity index (χ1n) is 5.48. The summed E-state index contributed by atoms with van der Waals surface area (Å²) in [7, 11) is 0. The number of hydrogen-bond acceptors (Lipinski definition) is 4. The number of hydrogen-bond donors (Lipinski definition) is 2. The molecular formula is C12H14N4O. The summed E-state index contributed by atoms with van der Waals surface area (Å²) in [5.74, 6) is -0.150. The van der Waals surface area contributed by atoms with Crippen molar-refractivity contribution < 1.29 is 4.79 Å². The number of anilines is 2. The van der Waals surface area contributed by atoms with Crippen LogP contribution in [0.2, 0.25) is 0 Å². The number of para-hydroxylation sites is 1. The van der Waals surface area contributed by atoms with Crippen LogP contribution in [-0.4, -0.2) is 25.5 Å². The van der Waals surface area contributed by atoms with Gasteiger partial charge in [-0.05, 0) is 18.1 Å². The molecule has 0 aliphatic carbocycles. The van der Waals surface area contributed by atoms with E-state index in [2.05, 4.69) is 5.32 Å². The molecule has 0 unspecified atom stereocenters. The number of carbonyl (C=O) groups excluding carboxylic acids is 1. The topological polar surface area (TPSA) is 82.2 Å². The number of nitrogens with two attached hydrogens (primary N) is 1. The van der Waals surface area contributed by atoms with E-state index >= 15 is 0 Å². The molecule has 17 heavy (non-hydrogen) atoms. The molecule has 1 aliphatic heterocycles. The summed E-state index contributed by atoms with van der Waals surface area (Å²) in [5, 5.41) is 10.9. The number of nitriles is 1. The van der Waals surface area contributed by atoms with Crippen LogP contribution in [-0.2, 0) is 11.2 Å². The fourth-order valence-electron chi connectivity index (χ4n) is 2.09. The van der Waals surface area contributed by atoms with Crippen LogP contribution in [0.25, 0.3) is 0 Å². The van der Waals surface area contributed by atoms with Crippen molar-refractivity contribution in [1.29, 1.82) is 5.26 Å². The summed E-state index contributed by atoms with van der Waals surface area (Å²) in [5.41, 5.74) is 8.75. The van der Waals surface area contributed by atoms with Crippen molar-refractivity contribution in [2.24, 2.45) is 0 Å². The number of nitrogens with zero attached hydrogens (tertiary/aromatic N) is 2. The van der Waals surface area contributed by atoms with E-state index in [1.807, 2.05) is 29.2 Å². The van der Waals surface area contributed by atoms with Gasteiger partial charge < -0.3 is 16.0 Å². The maximum Gasteiger partial charge on any atom is 0.240 e. The number of fused-ring (bicyclic) bond motifs is 1. The zero-order valence-corrected chi connectivity index (χ0v) is 9.44. The molecule has 1 amide bonds. The zero-order chi connectivity index (χ0) is 12.3. The Morgan fingerprint density at radius 3 is 3.18 bits per heavy atom. The first-order chi connectivity index (χ1) is 8.22. The van der Waals surface area contributed by atoms with Gasteiger partial charge >= 0.3 is 0 Å². The standard InChI is InChI=1S/C12H14N4O/c13-5-6-15-11(17)8-16-7-4-9-2-1-3-10(14)12(9)16/h1-3H,4,6-8,14H2,(H,15,17). The van der Waals surface area contributed by atoms with Crippen molar-refractivity contribution >= 4 is 17.3 Å². The highest BCUT2D eigenvalue weighted by molar-refractivity contribution is 5.85. The lowest BCUT2D eigenvalue weighted by molar-refractivity contribution is -0.119. The van der Waals surface area contributed by atoms with Crippen LogP contribution in [0.3, 0.4) is 0 Å². The summed E-state index contributed by atoms with van der Waals surface area (Å²) in [6.45, 7) is 1.09. The van der Waals surface area contributed by atoms with Crippen molar-refractivity contribution in [1.82, 2.24) is 5.32 Å². The lowest BCUT2D eigenvalue weighted by atomic mass is 10.1. The van der Waals surface area contributed by atoms with Crippen molar-refractivity contribution in [2.45, 2.75) is 6.42 Å². The Bertz CT molecular complexity index is 478. The largest absolute Gasteiger partial charge is 0.397 e. The second-order valence-corrected chi connectivity index (χ2v) is 3.96. The van der Waals surface area contributed by atoms with E-state index < -0.39 is 0 Å². The van der Waals surface area contributed by atoms with Gasteiger partial charge in [-0.1, -0.05) is 12.1 Å². The number of nitrogen functional groups attached to an aromatic ring is 1. The van der Waals surface area contributed by atoms with E-state index in [-0.39, 0.29) is 19.0 Å². The van der Waals surface area contributed by atoms with Crippen LogP contribution >= 0.6 is 0 Å². The lowest BCUT2D eigenvalue weighted by Crippen LogP contribution is -2.36. The first-order valence-corrected chi connectivity index (χ1v) is 5.48. The number of nitrogens with one attached hydrogen (secondary N) is 1. The van der Waals surface area contributed by atoms with Gasteiger partial charge in [-0.2, -0.15) is 5.26 Å². The molecule has 0 bridgehead atoms. The van der Waals surface area contributed by atoms with Crippen molar-refractivity contribution in [2.75, 3.05) is 30.3 Å². The minimum absolute atomic E-state index is 0.0454. The average Bonchev–Trinajstić information content (AvgIpc) is 2.71. The minimum atomic E-state index is -0.150. The van der Waals surface area contributed by atoms with Crippen LogP contribution in [0.5, 0.6) is 0 Å². The van der Waals surface area contributed by atoms with Crippen molar-refractivity contribution in [3.05, 3.63) is 23.8 Å². The Hall–Kier alpha value is -2.22. The molecule has 0 saturated heterocycles. The molecule has 1 heterocycles. The van der Waals surface area contributed by atoms with Crippen LogP contribution in [0, 0.1) is 11.3 Å². The minimum Gasteiger partial charge on any atom is -0.397 e. The Balaban J connectivity index is 2.07. The number of benzene rings is 1. The van der Waals surface area contributed by atoms with Gasteiger partial charge in [0.05, 0.1) is 24.0 Å². The van der Waals surface area contributed by atoms with Gasteiger partial charge in [0.25, 0.3) is 0 Å². The zero-order valence-electron chi connectivity index (χ0n) is 9.44. The molecule has 0 spiro atoms. The third kappa shape index (κ3) is 2.31. The quantitative estimate of drug-likeness (QED) is 0.577. The third-order valence-electron chi connectivity index (χ3n) is 2.82. The Morgan fingerprint density at radius 2 is 2.41 bits per heavy atom. The van der Waals surface area contributed by atoms with Gasteiger partial charge in [-0.15, -0.1) is 0 Å². The highest BCUT2D eigenvalue weighted by atomic mass is 16.2. The second kappa shape index (κ2) is 4.74. The third-order valence-corrected chi connectivity index (χ3v) is 2.82. The summed E-state index contributed by atoms with van der Waals surface area (Å²) in [6.07, 6.45) is 0.909. The smallest absolute Gasteiger partial charge is 0.240 e. The van der Waals surface area contributed by atoms with Crippen LogP contribution in [0.1, 0.15) is 5.56 Å². The van der Waals surface area contributed by atoms with Crippen LogP contribution < -0.4 is 16.0 Å². The first kappa shape index (κ1) is 11.3. The monoisotopic (exact) mass is 230 g/mol. The molecule has 2 rings (SSSR count). The predicted octanol–water partition coefficient (Wildman–Crippen LogP) is 0.271. The van der Waals surface area contributed by atoms with E-state index in [0.29, 0.717) is 5.69 Å². The summed E-state index contributed by atoms with van der Waals surface area (Å²) >= 11 is 0. The van der Waals surface area contributed by atoms with E-state index in [4.69, 9.17) is 11.0 Å². The van der Waals surface area contributed by atoms with Crippen molar-refractivity contribution in [3.63, 3.8) is 0 Å². The maximum atomic E-state index is 11.5. The highest BCUT2D eigenvalue weighted by Gasteiger charge is 2.22. The molecule has 1 aromatic rings. The van der Waals surface area contributed by atoms with Gasteiger partial charge in [0.1, 0.15) is 6.54 Å². The van der Waals surface area contributed by atoms with Gasteiger partial charge in [-0.3, -0.25) is 4.79 Å². The molecule has 1 aromatic carbocycles. The number of carbonyl (C=O) groups is 1. The molecule has 0 saturated carbocycles. The predicted molar refractivity (Wildman–Crippen MR) is 65.4 cm³/mol. The van der Waals surface area contributed by atoms with E-state index in [0.717, 1.165) is 18.7 Å². The Morgan fingerprint density at radius 1 is 1.59 bits per heavy atom. The fourth-order valence-corrected chi connectivity index (χ4v) is 2.09.